The van der Waals surface area contributed by atoms with E-state index < -0.39 is 11.5 Å². The van der Waals surface area contributed by atoms with Crippen molar-refractivity contribution in [1.82, 2.24) is 10.3 Å². The van der Waals surface area contributed by atoms with Crippen LogP contribution in [0.15, 0.2) is 60.0 Å². The lowest BCUT2D eigenvalue weighted by Gasteiger charge is -2.20. The van der Waals surface area contributed by atoms with Crippen LogP contribution in [-0.4, -0.2) is 27.5 Å². The van der Waals surface area contributed by atoms with Gasteiger partial charge in [-0.1, -0.05) is 61.6 Å². The molecule has 1 aromatic heterocycles. The molecule has 0 aliphatic heterocycles. The molecule has 29 heavy (non-hydrogen) atoms. The van der Waals surface area contributed by atoms with Gasteiger partial charge in [-0.15, -0.1) is 11.3 Å². The monoisotopic (exact) mass is 408 g/mol. The molecule has 1 heterocycles. The molecule has 1 unspecified atom stereocenters. The molecule has 0 bridgehead atoms. The molecule has 5 nitrogen and oxygen atoms in total. The summed E-state index contributed by atoms with van der Waals surface area (Å²) >= 11 is 1.48. The highest BCUT2D eigenvalue weighted by Gasteiger charge is 2.29. The topological polar surface area (TPSA) is 79.3 Å². The van der Waals surface area contributed by atoms with Crippen LogP contribution in [0, 0.1) is 5.92 Å². The maximum atomic E-state index is 12.3. The van der Waals surface area contributed by atoms with Gasteiger partial charge in [0.2, 0.25) is 5.91 Å². The highest BCUT2D eigenvalue weighted by Crippen LogP contribution is 2.35. The van der Waals surface area contributed by atoms with E-state index in [1.54, 1.807) is 0 Å². The van der Waals surface area contributed by atoms with E-state index in [9.17, 15) is 9.59 Å². The number of aromatic nitrogens is 1. The van der Waals surface area contributed by atoms with Gasteiger partial charge in [0.25, 0.3) is 0 Å². The molecule has 3 rings (SSSR count). The quantitative estimate of drug-likeness (QED) is 0.745. The Balaban J connectivity index is 1.84. The average Bonchev–Trinajstić information content (AvgIpc) is 3.02. The van der Waals surface area contributed by atoms with Gasteiger partial charge in [0.15, 0.2) is 0 Å². The Labute approximate surface area is 174 Å². The Bertz CT molecular complexity index is 1000. The van der Waals surface area contributed by atoms with Gasteiger partial charge in [-0.2, -0.15) is 0 Å². The number of nitrogens with one attached hydrogen (secondary N) is 1. The minimum absolute atomic E-state index is 0.0388. The first kappa shape index (κ1) is 20.7. The van der Waals surface area contributed by atoms with E-state index in [0.29, 0.717) is 11.6 Å². The molecule has 1 aliphatic rings. The third kappa shape index (κ3) is 5.09. The molecule has 150 valence electrons. The highest BCUT2D eigenvalue weighted by atomic mass is 32.1. The summed E-state index contributed by atoms with van der Waals surface area (Å²) in [5, 5.41) is 14.4. The molecule has 2 N–H and O–H groups in total. The smallest absolute Gasteiger partial charge is 0.328 e. The van der Waals surface area contributed by atoms with Crippen molar-refractivity contribution in [2.24, 2.45) is 5.92 Å². The molecule has 0 saturated heterocycles. The van der Waals surface area contributed by atoms with Gasteiger partial charge < -0.3 is 10.4 Å². The second kappa shape index (κ2) is 8.57. The molecule has 1 amide bonds. The third-order valence-electron chi connectivity index (χ3n) is 4.59. The summed E-state index contributed by atoms with van der Waals surface area (Å²) in [5.74, 6) is -1.15. The number of rotatable bonds is 6. The SMILES string of the molecule is CC1C=CC=C(c2nc(CC(=O)NC(C)(C)C(=O)O)cs2)C(c2ccccc2)=C1. The van der Waals surface area contributed by atoms with Crippen molar-refractivity contribution in [3.05, 3.63) is 76.3 Å². The zero-order valence-corrected chi connectivity index (χ0v) is 17.5. The number of allylic oxidation sites excluding steroid dienone is 6. The van der Waals surface area contributed by atoms with Crippen molar-refractivity contribution >= 4 is 34.4 Å². The molecule has 2 aromatic rings. The highest BCUT2D eigenvalue weighted by molar-refractivity contribution is 7.11. The van der Waals surface area contributed by atoms with E-state index >= 15 is 0 Å². The Morgan fingerprint density at radius 1 is 1.21 bits per heavy atom. The predicted octanol–water partition coefficient (Wildman–Crippen LogP) is 4.34. The number of amides is 1. The summed E-state index contributed by atoms with van der Waals surface area (Å²) in [6.07, 6.45) is 8.48. The van der Waals surface area contributed by atoms with E-state index in [1.165, 1.54) is 25.2 Å². The Morgan fingerprint density at radius 2 is 1.93 bits per heavy atom. The summed E-state index contributed by atoms with van der Waals surface area (Å²) in [6.45, 7) is 5.05. The van der Waals surface area contributed by atoms with Crippen LogP contribution in [0.5, 0.6) is 0 Å². The van der Waals surface area contributed by atoms with E-state index in [4.69, 9.17) is 5.11 Å². The normalized spacial score (nSPS) is 16.6. The zero-order chi connectivity index (χ0) is 21.0. The number of aliphatic carboxylic acids is 1. The van der Waals surface area contributed by atoms with Gasteiger partial charge in [-0.25, -0.2) is 9.78 Å². The second-order valence-electron chi connectivity index (χ2n) is 7.57. The fourth-order valence-corrected chi connectivity index (χ4v) is 3.86. The fourth-order valence-electron chi connectivity index (χ4n) is 3.00. The lowest BCUT2D eigenvalue weighted by atomic mass is 9.96. The van der Waals surface area contributed by atoms with Crippen LogP contribution in [0.3, 0.4) is 0 Å². The van der Waals surface area contributed by atoms with Crippen molar-refractivity contribution in [2.45, 2.75) is 32.7 Å². The first-order chi connectivity index (χ1) is 13.8. The number of carboxylic acid groups (broad SMARTS) is 1. The lowest BCUT2D eigenvalue weighted by Crippen LogP contribution is -2.50. The Kier molecular flexibility index (Phi) is 6.13. The van der Waals surface area contributed by atoms with Crippen molar-refractivity contribution < 1.29 is 14.7 Å². The van der Waals surface area contributed by atoms with Gasteiger partial charge in [-0.05, 0) is 30.9 Å². The first-order valence-electron chi connectivity index (χ1n) is 9.41. The molecule has 1 aliphatic carbocycles. The van der Waals surface area contributed by atoms with Gasteiger partial charge >= 0.3 is 5.97 Å². The van der Waals surface area contributed by atoms with Crippen LogP contribution in [0.2, 0.25) is 0 Å². The zero-order valence-electron chi connectivity index (χ0n) is 16.7. The molecule has 0 spiro atoms. The maximum absolute atomic E-state index is 12.3. The second-order valence-corrected chi connectivity index (χ2v) is 8.43. The number of benzene rings is 1. The van der Waals surface area contributed by atoms with Crippen LogP contribution < -0.4 is 5.32 Å². The number of hydrogen-bond donors (Lipinski definition) is 2. The van der Waals surface area contributed by atoms with Gasteiger partial charge in [0.1, 0.15) is 10.5 Å². The number of hydrogen-bond acceptors (Lipinski definition) is 4. The maximum Gasteiger partial charge on any atom is 0.328 e. The van der Waals surface area contributed by atoms with Crippen LogP contribution in [0.4, 0.5) is 0 Å². The van der Waals surface area contributed by atoms with E-state index in [2.05, 4.69) is 47.6 Å². The number of carboxylic acids is 1. The van der Waals surface area contributed by atoms with Crippen LogP contribution in [0.25, 0.3) is 11.1 Å². The molecule has 0 fully saturated rings. The summed E-state index contributed by atoms with van der Waals surface area (Å²) in [7, 11) is 0. The summed E-state index contributed by atoms with van der Waals surface area (Å²) in [4.78, 5) is 28.1. The average molecular weight is 409 g/mol. The van der Waals surface area contributed by atoms with E-state index in [-0.39, 0.29) is 12.3 Å². The molecular weight excluding hydrogens is 384 g/mol. The Hall–Kier alpha value is -2.99. The molecule has 0 saturated carbocycles. The van der Waals surface area contributed by atoms with Crippen molar-refractivity contribution in [2.75, 3.05) is 0 Å². The van der Waals surface area contributed by atoms with Gasteiger partial charge in [-0.3, -0.25) is 4.79 Å². The summed E-state index contributed by atoms with van der Waals surface area (Å²) in [6, 6.07) is 10.2. The molecule has 1 aromatic carbocycles. The van der Waals surface area contributed by atoms with Crippen molar-refractivity contribution in [3.63, 3.8) is 0 Å². The van der Waals surface area contributed by atoms with Crippen LogP contribution in [-0.2, 0) is 16.0 Å². The lowest BCUT2D eigenvalue weighted by molar-refractivity contribution is -0.145. The van der Waals surface area contributed by atoms with Gasteiger partial charge in [0, 0.05) is 11.0 Å². The standard InChI is InChI=1S/C23H24N2O3S/c1-15-8-7-11-18(19(12-15)16-9-5-4-6-10-16)21-24-17(14-29-21)13-20(26)25-23(2,3)22(27)28/h4-12,14-15H,13H2,1-3H3,(H,25,26)(H,27,28). The van der Waals surface area contributed by atoms with Crippen molar-refractivity contribution in [3.8, 4) is 0 Å². The number of carbonyl (C=O) groups is 2. The molecule has 6 heteroatoms. The van der Waals surface area contributed by atoms with Gasteiger partial charge in [0.05, 0.1) is 12.1 Å². The summed E-state index contributed by atoms with van der Waals surface area (Å²) in [5.41, 5.74) is 2.55. The van der Waals surface area contributed by atoms with Crippen LogP contribution >= 0.6 is 11.3 Å². The minimum Gasteiger partial charge on any atom is -0.480 e. The van der Waals surface area contributed by atoms with Crippen LogP contribution in [0.1, 0.15) is 37.0 Å². The molecule has 0 radical (unpaired) electrons. The van der Waals surface area contributed by atoms with E-state index in [1.807, 2.05) is 29.7 Å². The largest absolute Gasteiger partial charge is 0.480 e. The minimum atomic E-state index is -1.32. The number of carbonyl (C=O) groups excluding carboxylic acids is 1. The van der Waals surface area contributed by atoms with Crippen molar-refractivity contribution in [1.29, 1.82) is 0 Å². The van der Waals surface area contributed by atoms with E-state index in [0.717, 1.165) is 21.7 Å². The number of thiazole rings is 1. The Morgan fingerprint density at radius 3 is 2.62 bits per heavy atom. The number of nitrogens with zero attached hydrogens (tertiary/aromatic N) is 1. The summed E-state index contributed by atoms with van der Waals surface area (Å²) < 4.78 is 0. The first-order valence-corrected chi connectivity index (χ1v) is 10.3. The molecular formula is C23H24N2O3S. The predicted molar refractivity (Wildman–Crippen MR) is 116 cm³/mol. The molecule has 1 atom stereocenters. The fraction of sp³-hybridized carbons (Fsp3) is 0.261. The third-order valence-corrected chi connectivity index (χ3v) is 5.52.